The summed E-state index contributed by atoms with van der Waals surface area (Å²) in [5.74, 6) is 1.56. The van der Waals surface area contributed by atoms with Crippen molar-refractivity contribution < 1.29 is 4.74 Å². The molecule has 0 amide bonds. The van der Waals surface area contributed by atoms with Crippen LogP contribution >= 0.6 is 0 Å². The van der Waals surface area contributed by atoms with Gasteiger partial charge in [-0.3, -0.25) is 0 Å². The quantitative estimate of drug-likeness (QED) is 0.691. The van der Waals surface area contributed by atoms with Crippen molar-refractivity contribution >= 4 is 0 Å². The van der Waals surface area contributed by atoms with Gasteiger partial charge in [-0.2, -0.15) is 5.26 Å². The largest absolute Gasteiger partial charge is 0.479 e. The Morgan fingerprint density at radius 3 is 2.89 bits per heavy atom. The van der Waals surface area contributed by atoms with Crippen molar-refractivity contribution in [1.29, 1.82) is 5.26 Å². The molecular weight excluding hydrogens is 236 g/mol. The number of ether oxygens (including phenoxy) is 1. The van der Waals surface area contributed by atoms with Gasteiger partial charge in [0.1, 0.15) is 11.8 Å². The van der Waals surface area contributed by atoms with Gasteiger partial charge in [-0.25, -0.2) is 0 Å². The number of nitrogens with one attached hydrogen (secondary N) is 1. The number of hydrogen-bond donors (Lipinski definition) is 1. The monoisotopic (exact) mass is 260 g/mol. The van der Waals surface area contributed by atoms with Crippen LogP contribution < -0.4 is 10.1 Å². The van der Waals surface area contributed by atoms with E-state index in [2.05, 4.69) is 25.2 Å². The van der Waals surface area contributed by atoms with E-state index in [0.29, 0.717) is 0 Å². The summed E-state index contributed by atoms with van der Waals surface area (Å²) in [6.07, 6.45) is 3.82. The van der Waals surface area contributed by atoms with E-state index in [-0.39, 0.29) is 6.61 Å². The number of benzene rings is 1. The van der Waals surface area contributed by atoms with E-state index in [0.717, 1.165) is 24.8 Å². The van der Waals surface area contributed by atoms with Crippen molar-refractivity contribution in [2.45, 2.75) is 39.7 Å². The van der Waals surface area contributed by atoms with E-state index in [1.165, 1.54) is 24.8 Å². The lowest BCUT2D eigenvalue weighted by atomic mass is 10.1. The summed E-state index contributed by atoms with van der Waals surface area (Å²) < 4.78 is 5.28. The molecule has 1 N–H and O–H groups in total. The molecule has 0 saturated heterocycles. The summed E-state index contributed by atoms with van der Waals surface area (Å²) in [4.78, 5) is 0. The van der Waals surface area contributed by atoms with Crippen LogP contribution in [0.5, 0.6) is 5.75 Å². The number of hydrogen-bond acceptors (Lipinski definition) is 3. The van der Waals surface area contributed by atoms with Crippen LogP contribution in [0.1, 0.15) is 38.7 Å². The van der Waals surface area contributed by atoms with Gasteiger partial charge in [-0.15, -0.1) is 0 Å². The third-order valence-electron chi connectivity index (χ3n) is 2.92. The molecule has 0 aliphatic heterocycles. The summed E-state index contributed by atoms with van der Waals surface area (Å²) in [5.41, 5.74) is 1.19. The third kappa shape index (κ3) is 7.48. The number of nitriles is 1. The summed E-state index contributed by atoms with van der Waals surface area (Å²) >= 11 is 0. The van der Waals surface area contributed by atoms with E-state index in [1.807, 2.05) is 24.3 Å². The van der Waals surface area contributed by atoms with Gasteiger partial charge in [0.05, 0.1) is 0 Å². The van der Waals surface area contributed by atoms with Gasteiger partial charge in [0.25, 0.3) is 0 Å². The predicted octanol–water partition coefficient (Wildman–Crippen LogP) is 3.50. The second-order valence-corrected chi connectivity index (χ2v) is 5.16. The number of rotatable bonds is 9. The Labute approximate surface area is 116 Å². The van der Waals surface area contributed by atoms with Gasteiger partial charge < -0.3 is 10.1 Å². The van der Waals surface area contributed by atoms with Gasteiger partial charge in [0.2, 0.25) is 0 Å². The van der Waals surface area contributed by atoms with E-state index < -0.39 is 0 Å². The fourth-order valence-corrected chi connectivity index (χ4v) is 1.90. The van der Waals surface area contributed by atoms with Crippen LogP contribution in [0.4, 0.5) is 0 Å². The Balaban J connectivity index is 2.20. The zero-order valence-corrected chi connectivity index (χ0v) is 12.0. The molecule has 0 aliphatic rings. The fourth-order valence-electron chi connectivity index (χ4n) is 1.90. The van der Waals surface area contributed by atoms with Crippen molar-refractivity contribution in [2.24, 2.45) is 5.92 Å². The van der Waals surface area contributed by atoms with Crippen LogP contribution in [-0.2, 0) is 6.54 Å². The normalized spacial score (nSPS) is 10.4. The molecular formula is C16H24N2O. The van der Waals surface area contributed by atoms with E-state index in [1.54, 1.807) is 0 Å². The smallest absolute Gasteiger partial charge is 0.174 e. The van der Waals surface area contributed by atoms with E-state index in [4.69, 9.17) is 10.00 Å². The average Bonchev–Trinajstić information content (AvgIpc) is 2.40. The first kappa shape index (κ1) is 15.5. The molecule has 0 unspecified atom stereocenters. The molecule has 104 valence electrons. The molecule has 0 heterocycles. The van der Waals surface area contributed by atoms with Crippen LogP contribution in [0.3, 0.4) is 0 Å². The minimum Gasteiger partial charge on any atom is -0.479 e. The SMILES string of the molecule is CC(C)CCCCNCc1cccc(OCC#N)c1. The Kier molecular flexibility index (Phi) is 7.69. The molecule has 19 heavy (non-hydrogen) atoms. The maximum atomic E-state index is 8.47. The first-order valence-corrected chi connectivity index (χ1v) is 7.01. The molecule has 1 aromatic rings. The molecule has 0 radical (unpaired) electrons. The van der Waals surface area contributed by atoms with Crippen molar-refractivity contribution in [1.82, 2.24) is 5.32 Å². The topological polar surface area (TPSA) is 45.0 Å². The lowest BCUT2D eigenvalue weighted by Gasteiger charge is -2.08. The molecule has 0 saturated carbocycles. The minimum atomic E-state index is 0.103. The molecule has 0 spiro atoms. The van der Waals surface area contributed by atoms with Crippen LogP contribution in [0.2, 0.25) is 0 Å². The highest BCUT2D eigenvalue weighted by atomic mass is 16.5. The molecule has 0 aromatic heterocycles. The Hall–Kier alpha value is -1.53. The zero-order valence-electron chi connectivity index (χ0n) is 12.0. The van der Waals surface area contributed by atoms with Crippen LogP contribution in [0.25, 0.3) is 0 Å². The molecule has 0 fully saturated rings. The Morgan fingerprint density at radius 2 is 2.16 bits per heavy atom. The van der Waals surface area contributed by atoms with Gasteiger partial charge in [-0.05, 0) is 36.6 Å². The molecule has 0 atom stereocenters. The molecule has 3 heteroatoms. The average molecular weight is 260 g/mol. The van der Waals surface area contributed by atoms with Crippen molar-refractivity contribution in [2.75, 3.05) is 13.2 Å². The molecule has 3 nitrogen and oxygen atoms in total. The fraction of sp³-hybridized carbons (Fsp3) is 0.562. The van der Waals surface area contributed by atoms with Gasteiger partial charge in [0, 0.05) is 6.54 Å². The zero-order chi connectivity index (χ0) is 13.9. The van der Waals surface area contributed by atoms with Gasteiger partial charge in [-0.1, -0.05) is 38.8 Å². The molecule has 0 bridgehead atoms. The highest BCUT2D eigenvalue weighted by Gasteiger charge is 1.97. The summed E-state index contributed by atoms with van der Waals surface area (Å²) in [5, 5.41) is 11.9. The Bertz CT molecular complexity index is 396. The minimum absolute atomic E-state index is 0.103. The summed E-state index contributed by atoms with van der Waals surface area (Å²) in [6.45, 7) is 6.54. The maximum Gasteiger partial charge on any atom is 0.174 e. The highest BCUT2D eigenvalue weighted by molar-refractivity contribution is 5.28. The summed E-state index contributed by atoms with van der Waals surface area (Å²) in [7, 11) is 0. The van der Waals surface area contributed by atoms with Crippen molar-refractivity contribution in [3.63, 3.8) is 0 Å². The van der Waals surface area contributed by atoms with Crippen LogP contribution in [0.15, 0.2) is 24.3 Å². The molecule has 1 aromatic carbocycles. The summed E-state index contributed by atoms with van der Waals surface area (Å²) in [6, 6.07) is 9.87. The second-order valence-electron chi connectivity index (χ2n) is 5.16. The van der Waals surface area contributed by atoms with E-state index in [9.17, 15) is 0 Å². The molecule has 0 aliphatic carbocycles. The molecule has 1 rings (SSSR count). The Morgan fingerprint density at radius 1 is 1.32 bits per heavy atom. The van der Waals surface area contributed by atoms with Crippen LogP contribution in [-0.4, -0.2) is 13.2 Å². The predicted molar refractivity (Wildman–Crippen MR) is 77.9 cm³/mol. The van der Waals surface area contributed by atoms with Gasteiger partial charge >= 0.3 is 0 Å². The second kappa shape index (κ2) is 9.41. The van der Waals surface area contributed by atoms with Crippen molar-refractivity contribution in [3.8, 4) is 11.8 Å². The van der Waals surface area contributed by atoms with Crippen molar-refractivity contribution in [3.05, 3.63) is 29.8 Å². The highest BCUT2D eigenvalue weighted by Crippen LogP contribution is 2.13. The standard InChI is InChI=1S/C16H24N2O/c1-14(2)6-3-4-10-18-13-15-7-5-8-16(12-15)19-11-9-17/h5,7-8,12,14,18H,3-4,6,10-11,13H2,1-2H3. The van der Waals surface area contributed by atoms with Crippen LogP contribution in [0, 0.1) is 17.2 Å². The van der Waals surface area contributed by atoms with Gasteiger partial charge in [0.15, 0.2) is 6.61 Å². The lowest BCUT2D eigenvalue weighted by Crippen LogP contribution is -2.14. The van der Waals surface area contributed by atoms with E-state index >= 15 is 0 Å². The number of nitrogens with zero attached hydrogens (tertiary/aromatic N) is 1. The first-order valence-electron chi connectivity index (χ1n) is 7.01. The number of unbranched alkanes of at least 4 members (excludes halogenated alkanes) is 1. The maximum absolute atomic E-state index is 8.47. The third-order valence-corrected chi connectivity index (χ3v) is 2.92. The lowest BCUT2D eigenvalue weighted by molar-refractivity contribution is 0.367. The first-order chi connectivity index (χ1) is 9.22.